The van der Waals surface area contributed by atoms with E-state index < -0.39 is 5.92 Å². The number of carbonyl (C=O) groups is 2. The van der Waals surface area contributed by atoms with Crippen LogP contribution in [-0.4, -0.2) is 29.1 Å². The first-order valence-corrected chi connectivity index (χ1v) is 9.81. The van der Waals surface area contributed by atoms with Crippen LogP contribution in [0.5, 0.6) is 0 Å². The highest BCUT2D eigenvalue weighted by Crippen LogP contribution is 2.47. The Morgan fingerprint density at radius 3 is 2.14 bits per heavy atom. The Kier molecular flexibility index (Phi) is 3.62. The fraction of sp³-hybridized carbons (Fsp3) is 0.280. The summed E-state index contributed by atoms with van der Waals surface area (Å²) in [6.45, 7) is 4.39. The van der Waals surface area contributed by atoms with E-state index in [9.17, 15) is 9.59 Å². The van der Waals surface area contributed by atoms with E-state index in [0.717, 1.165) is 12.0 Å². The van der Waals surface area contributed by atoms with Crippen LogP contribution in [0, 0.1) is 5.92 Å². The van der Waals surface area contributed by atoms with Gasteiger partial charge in [0.05, 0.1) is 6.04 Å². The third kappa shape index (κ3) is 2.26. The molecule has 3 nitrogen and oxygen atoms in total. The van der Waals surface area contributed by atoms with Crippen molar-refractivity contribution in [3.8, 4) is 0 Å². The van der Waals surface area contributed by atoms with E-state index in [1.807, 2.05) is 25.2 Å². The summed E-state index contributed by atoms with van der Waals surface area (Å²) in [6.07, 6.45) is 0.888. The van der Waals surface area contributed by atoms with Crippen LogP contribution in [0.1, 0.15) is 51.7 Å². The molecular weight excluding hydrogens is 346 g/mol. The number of Topliss-reactive ketones (excluding diaryl/α,β-unsaturated/α-hetero) is 2. The molecule has 140 valence electrons. The predicted octanol–water partition coefficient (Wildman–Crippen LogP) is 4.84. The first-order valence-electron chi connectivity index (χ1n) is 9.81. The van der Waals surface area contributed by atoms with E-state index >= 15 is 0 Å². The predicted molar refractivity (Wildman–Crippen MR) is 111 cm³/mol. The maximum Gasteiger partial charge on any atom is 0.176 e. The van der Waals surface area contributed by atoms with Crippen LogP contribution < -0.4 is 0 Å². The number of ketones is 2. The Morgan fingerprint density at radius 2 is 1.46 bits per heavy atom. The molecule has 0 saturated carbocycles. The Labute approximate surface area is 165 Å². The quantitative estimate of drug-likeness (QED) is 0.576. The third-order valence-electron chi connectivity index (χ3n) is 6.72. The Bertz CT molecular complexity index is 1110. The van der Waals surface area contributed by atoms with Gasteiger partial charge in [0, 0.05) is 16.7 Å². The van der Waals surface area contributed by atoms with Gasteiger partial charge < -0.3 is 0 Å². The Balaban J connectivity index is 1.74. The SMILES string of the molecule is CN1C(C2C(=O)c3ccccc3C2=O)c2ccc3ccccc3c2CC1(C)C. The minimum atomic E-state index is -0.679. The minimum Gasteiger partial charge on any atom is -0.293 e. The number of rotatable bonds is 1. The Hall–Kier alpha value is -2.78. The molecule has 0 saturated heterocycles. The van der Waals surface area contributed by atoms with Gasteiger partial charge in [-0.05, 0) is 49.2 Å². The molecule has 1 aliphatic heterocycles. The lowest BCUT2D eigenvalue weighted by molar-refractivity contribution is 0.0435. The van der Waals surface area contributed by atoms with Crippen molar-refractivity contribution < 1.29 is 9.59 Å². The molecule has 5 rings (SSSR count). The van der Waals surface area contributed by atoms with Crippen LogP contribution in [0.2, 0.25) is 0 Å². The van der Waals surface area contributed by atoms with Gasteiger partial charge in [-0.15, -0.1) is 0 Å². The standard InChI is InChI=1S/C25H23NO2/c1-25(2)14-20-16-9-5-4-8-15(16)12-13-17(20)22(26(25)3)21-23(27)18-10-6-7-11-19(18)24(21)28/h4-13,21-22H,14H2,1-3H3. The summed E-state index contributed by atoms with van der Waals surface area (Å²) in [5, 5.41) is 2.43. The molecule has 1 atom stereocenters. The van der Waals surface area contributed by atoms with E-state index in [1.165, 1.54) is 16.3 Å². The van der Waals surface area contributed by atoms with Crippen molar-refractivity contribution in [2.24, 2.45) is 5.92 Å². The smallest absolute Gasteiger partial charge is 0.176 e. The van der Waals surface area contributed by atoms with Gasteiger partial charge in [-0.1, -0.05) is 60.7 Å². The summed E-state index contributed by atoms with van der Waals surface area (Å²) < 4.78 is 0. The average Bonchev–Trinajstić information content (AvgIpc) is 2.94. The molecule has 0 amide bonds. The maximum absolute atomic E-state index is 13.3. The van der Waals surface area contributed by atoms with Gasteiger partial charge in [0.2, 0.25) is 0 Å². The molecule has 0 N–H and O–H groups in total. The highest BCUT2D eigenvalue weighted by Gasteiger charge is 2.50. The maximum atomic E-state index is 13.3. The van der Waals surface area contributed by atoms with Crippen LogP contribution >= 0.6 is 0 Å². The first-order chi connectivity index (χ1) is 13.4. The van der Waals surface area contributed by atoms with Crippen LogP contribution in [0.15, 0.2) is 60.7 Å². The third-order valence-corrected chi connectivity index (χ3v) is 6.72. The van der Waals surface area contributed by atoms with Gasteiger partial charge in [0.25, 0.3) is 0 Å². The number of benzene rings is 3. The molecule has 1 aliphatic carbocycles. The zero-order valence-electron chi connectivity index (χ0n) is 16.4. The summed E-state index contributed by atoms with van der Waals surface area (Å²) in [5.74, 6) is -0.773. The van der Waals surface area contributed by atoms with E-state index in [2.05, 4.69) is 49.1 Å². The van der Waals surface area contributed by atoms with Crippen molar-refractivity contribution in [2.75, 3.05) is 7.05 Å². The molecule has 0 aromatic heterocycles. The van der Waals surface area contributed by atoms with Gasteiger partial charge in [-0.25, -0.2) is 0 Å². The minimum absolute atomic E-state index is 0.0470. The zero-order valence-corrected chi connectivity index (χ0v) is 16.4. The van der Waals surface area contributed by atoms with Crippen molar-refractivity contribution in [1.29, 1.82) is 0 Å². The number of likely N-dealkylation sites (N-methyl/N-ethyl adjacent to an activating group) is 1. The number of hydrogen-bond acceptors (Lipinski definition) is 3. The Morgan fingerprint density at radius 1 is 0.857 bits per heavy atom. The lowest BCUT2D eigenvalue weighted by atomic mass is 9.75. The average molecular weight is 369 g/mol. The summed E-state index contributed by atoms with van der Waals surface area (Å²) in [5.41, 5.74) is 3.35. The highest BCUT2D eigenvalue weighted by atomic mass is 16.2. The molecule has 3 aromatic rings. The molecule has 28 heavy (non-hydrogen) atoms. The molecule has 0 bridgehead atoms. The summed E-state index contributed by atoms with van der Waals surface area (Å²) in [7, 11) is 2.05. The second kappa shape index (κ2) is 5.86. The van der Waals surface area contributed by atoms with Crippen molar-refractivity contribution >= 4 is 22.3 Å². The van der Waals surface area contributed by atoms with Crippen molar-refractivity contribution in [3.63, 3.8) is 0 Å². The van der Waals surface area contributed by atoms with Crippen molar-refractivity contribution in [3.05, 3.63) is 82.9 Å². The molecule has 1 heterocycles. The highest BCUT2D eigenvalue weighted by molar-refractivity contribution is 6.27. The molecule has 0 radical (unpaired) electrons. The molecular formula is C25H23NO2. The molecule has 3 aromatic carbocycles. The topological polar surface area (TPSA) is 37.4 Å². The van der Waals surface area contributed by atoms with Gasteiger partial charge in [-0.3, -0.25) is 14.5 Å². The van der Waals surface area contributed by atoms with E-state index in [1.54, 1.807) is 12.1 Å². The fourth-order valence-electron chi connectivity index (χ4n) is 5.03. The molecule has 0 fully saturated rings. The molecule has 0 spiro atoms. The number of hydrogen-bond donors (Lipinski definition) is 0. The zero-order chi connectivity index (χ0) is 19.6. The second-order valence-corrected chi connectivity index (χ2v) is 8.65. The second-order valence-electron chi connectivity index (χ2n) is 8.65. The van der Waals surface area contributed by atoms with Crippen LogP contribution in [0.4, 0.5) is 0 Å². The van der Waals surface area contributed by atoms with Gasteiger partial charge in [0.15, 0.2) is 11.6 Å². The number of nitrogens with zero attached hydrogens (tertiary/aromatic N) is 1. The van der Waals surface area contributed by atoms with E-state index in [-0.39, 0.29) is 23.1 Å². The van der Waals surface area contributed by atoms with Gasteiger partial charge >= 0.3 is 0 Å². The molecule has 3 heteroatoms. The van der Waals surface area contributed by atoms with Crippen molar-refractivity contribution in [1.82, 2.24) is 4.90 Å². The first kappa shape index (κ1) is 17.3. The molecule has 1 unspecified atom stereocenters. The van der Waals surface area contributed by atoms with Crippen LogP contribution in [0.25, 0.3) is 10.8 Å². The fourth-order valence-corrected chi connectivity index (χ4v) is 5.03. The van der Waals surface area contributed by atoms with Crippen molar-refractivity contribution in [2.45, 2.75) is 31.8 Å². The summed E-state index contributed by atoms with van der Waals surface area (Å²) in [6, 6.07) is 19.6. The monoisotopic (exact) mass is 369 g/mol. The molecule has 2 aliphatic rings. The van der Waals surface area contributed by atoms with Crippen LogP contribution in [0.3, 0.4) is 0 Å². The summed E-state index contributed by atoms with van der Waals surface area (Å²) in [4.78, 5) is 28.8. The van der Waals surface area contributed by atoms with E-state index in [4.69, 9.17) is 0 Å². The lowest BCUT2D eigenvalue weighted by Gasteiger charge is -2.48. The van der Waals surface area contributed by atoms with Crippen LogP contribution in [-0.2, 0) is 6.42 Å². The van der Waals surface area contributed by atoms with E-state index in [0.29, 0.717) is 11.1 Å². The lowest BCUT2D eigenvalue weighted by Crippen LogP contribution is -2.52. The number of carbonyl (C=O) groups excluding carboxylic acids is 2. The number of fused-ring (bicyclic) bond motifs is 4. The largest absolute Gasteiger partial charge is 0.293 e. The van der Waals surface area contributed by atoms with Gasteiger partial charge in [0.1, 0.15) is 5.92 Å². The van der Waals surface area contributed by atoms with Gasteiger partial charge in [-0.2, -0.15) is 0 Å². The normalized spacial score (nSPS) is 21.8. The summed E-state index contributed by atoms with van der Waals surface area (Å²) >= 11 is 0.